The molecule has 0 saturated carbocycles. The minimum atomic E-state index is -0.299. The molecule has 0 spiro atoms. The van der Waals surface area contributed by atoms with Crippen molar-refractivity contribution in [1.29, 1.82) is 0 Å². The van der Waals surface area contributed by atoms with E-state index in [0.717, 1.165) is 0 Å². The molecule has 0 bridgehead atoms. The average Bonchev–Trinajstić information content (AvgIpc) is 2.34. The Hall–Kier alpha value is -2.14. The fraction of sp³-hybridized carbons (Fsp3) is 0. The van der Waals surface area contributed by atoms with Crippen molar-refractivity contribution >= 4 is 29.0 Å². The number of halogens is 1. The van der Waals surface area contributed by atoms with Gasteiger partial charge in [-0.1, -0.05) is 11.6 Å². The highest BCUT2D eigenvalue weighted by Crippen LogP contribution is 2.19. The standard InChI is InChI=1S/C11H9ClN4O/c12-8-2-1-7(5-9(8)13)11(17)16-10-3-4-14-6-15-10/h1-6H,13H2,(H,14,15,16,17). The van der Waals surface area contributed by atoms with Gasteiger partial charge in [0.1, 0.15) is 12.1 Å². The zero-order chi connectivity index (χ0) is 12.3. The number of nitrogens with two attached hydrogens (primary N) is 1. The lowest BCUT2D eigenvalue weighted by atomic mass is 10.2. The van der Waals surface area contributed by atoms with Gasteiger partial charge in [-0.15, -0.1) is 0 Å². The Bertz CT molecular complexity index is 544. The van der Waals surface area contributed by atoms with Crippen LogP contribution in [0.3, 0.4) is 0 Å². The highest BCUT2D eigenvalue weighted by atomic mass is 35.5. The molecule has 0 fully saturated rings. The maximum Gasteiger partial charge on any atom is 0.256 e. The Labute approximate surface area is 103 Å². The van der Waals surface area contributed by atoms with Crippen LogP contribution in [0.4, 0.5) is 11.5 Å². The van der Waals surface area contributed by atoms with E-state index in [1.54, 1.807) is 24.4 Å². The number of nitrogens with one attached hydrogen (secondary N) is 1. The van der Waals surface area contributed by atoms with Gasteiger partial charge in [0.2, 0.25) is 0 Å². The smallest absolute Gasteiger partial charge is 0.256 e. The van der Waals surface area contributed by atoms with Crippen LogP contribution in [-0.2, 0) is 0 Å². The van der Waals surface area contributed by atoms with E-state index in [-0.39, 0.29) is 5.91 Å². The average molecular weight is 249 g/mol. The molecule has 0 aliphatic rings. The van der Waals surface area contributed by atoms with Crippen LogP contribution in [0.1, 0.15) is 10.4 Å². The number of anilines is 2. The molecule has 1 aromatic heterocycles. The summed E-state index contributed by atoms with van der Waals surface area (Å²) in [6.45, 7) is 0. The number of carbonyl (C=O) groups is 1. The van der Waals surface area contributed by atoms with E-state index >= 15 is 0 Å². The Kier molecular flexibility index (Phi) is 3.20. The van der Waals surface area contributed by atoms with Gasteiger partial charge in [0.25, 0.3) is 5.91 Å². The van der Waals surface area contributed by atoms with Gasteiger partial charge in [0.05, 0.1) is 10.7 Å². The number of aromatic nitrogens is 2. The van der Waals surface area contributed by atoms with Crippen LogP contribution in [0.2, 0.25) is 5.02 Å². The van der Waals surface area contributed by atoms with Crippen LogP contribution >= 0.6 is 11.6 Å². The third-order valence-corrected chi connectivity index (χ3v) is 2.43. The topological polar surface area (TPSA) is 80.9 Å². The van der Waals surface area contributed by atoms with E-state index in [1.807, 2.05) is 0 Å². The summed E-state index contributed by atoms with van der Waals surface area (Å²) in [6, 6.07) is 6.27. The maximum atomic E-state index is 11.8. The van der Waals surface area contributed by atoms with Crippen LogP contribution in [0.15, 0.2) is 36.8 Å². The van der Waals surface area contributed by atoms with Crippen molar-refractivity contribution in [3.63, 3.8) is 0 Å². The summed E-state index contributed by atoms with van der Waals surface area (Å²) in [6.07, 6.45) is 2.89. The third kappa shape index (κ3) is 2.70. The van der Waals surface area contributed by atoms with Gasteiger partial charge in [0, 0.05) is 11.8 Å². The van der Waals surface area contributed by atoms with E-state index in [0.29, 0.717) is 22.1 Å². The monoisotopic (exact) mass is 248 g/mol. The number of rotatable bonds is 2. The van der Waals surface area contributed by atoms with Crippen LogP contribution in [0.25, 0.3) is 0 Å². The molecule has 2 rings (SSSR count). The second-order valence-electron chi connectivity index (χ2n) is 3.29. The predicted octanol–water partition coefficient (Wildman–Crippen LogP) is 1.96. The first-order chi connectivity index (χ1) is 8.16. The highest BCUT2D eigenvalue weighted by Gasteiger charge is 2.08. The van der Waals surface area contributed by atoms with Crippen molar-refractivity contribution < 1.29 is 4.79 Å². The summed E-state index contributed by atoms with van der Waals surface area (Å²) >= 11 is 5.77. The predicted molar refractivity (Wildman–Crippen MR) is 65.8 cm³/mol. The molecule has 0 aliphatic heterocycles. The fourth-order valence-electron chi connectivity index (χ4n) is 1.24. The molecule has 5 nitrogen and oxygen atoms in total. The molecule has 0 saturated heterocycles. The number of nitrogen functional groups attached to an aromatic ring is 1. The second-order valence-corrected chi connectivity index (χ2v) is 3.69. The Morgan fingerprint density at radius 1 is 1.35 bits per heavy atom. The molecular weight excluding hydrogens is 240 g/mol. The molecule has 17 heavy (non-hydrogen) atoms. The summed E-state index contributed by atoms with van der Waals surface area (Å²) in [5.74, 6) is 0.130. The number of nitrogens with zero attached hydrogens (tertiary/aromatic N) is 2. The first kappa shape index (κ1) is 11.3. The van der Waals surface area contributed by atoms with E-state index in [9.17, 15) is 4.79 Å². The number of hydrogen-bond acceptors (Lipinski definition) is 4. The fourth-order valence-corrected chi connectivity index (χ4v) is 1.36. The van der Waals surface area contributed by atoms with Crippen LogP contribution in [0.5, 0.6) is 0 Å². The zero-order valence-electron chi connectivity index (χ0n) is 8.72. The number of benzene rings is 1. The molecule has 0 unspecified atom stereocenters. The molecule has 1 aromatic carbocycles. The summed E-state index contributed by atoms with van der Waals surface area (Å²) in [4.78, 5) is 19.4. The molecular formula is C11H9ClN4O. The van der Waals surface area contributed by atoms with Gasteiger partial charge in [0.15, 0.2) is 0 Å². The van der Waals surface area contributed by atoms with Crippen molar-refractivity contribution in [1.82, 2.24) is 9.97 Å². The lowest BCUT2D eigenvalue weighted by molar-refractivity contribution is 0.102. The Balaban J connectivity index is 2.18. The van der Waals surface area contributed by atoms with Crippen LogP contribution in [0, 0.1) is 0 Å². The number of carbonyl (C=O) groups excluding carboxylic acids is 1. The summed E-state index contributed by atoms with van der Waals surface area (Å²) in [5.41, 5.74) is 6.40. The largest absolute Gasteiger partial charge is 0.398 e. The molecule has 86 valence electrons. The van der Waals surface area contributed by atoms with E-state index < -0.39 is 0 Å². The zero-order valence-corrected chi connectivity index (χ0v) is 9.48. The number of amides is 1. The van der Waals surface area contributed by atoms with Gasteiger partial charge in [-0.3, -0.25) is 4.79 Å². The second kappa shape index (κ2) is 4.80. The van der Waals surface area contributed by atoms with Gasteiger partial charge in [-0.25, -0.2) is 9.97 Å². The van der Waals surface area contributed by atoms with Gasteiger partial charge in [-0.2, -0.15) is 0 Å². The van der Waals surface area contributed by atoms with Gasteiger partial charge in [-0.05, 0) is 24.3 Å². The van der Waals surface area contributed by atoms with Crippen molar-refractivity contribution in [2.24, 2.45) is 0 Å². The number of hydrogen-bond donors (Lipinski definition) is 2. The maximum absolute atomic E-state index is 11.8. The molecule has 6 heteroatoms. The normalized spacial score (nSPS) is 9.94. The van der Waals surface area contributed by atoms with E-state index in [4.69, 9.17) is 17.3 Å². The van der Waals surface area contributed by atoms with E-state index in [2.05, 4.69) is 15.3 Å². The van der Waals surface area contributed by atoms with Crippen molar-refractivity contribution in [2.75, 3.05) is 11.1 Å². The van der Waals surface area contributed by atoms with Crippen molar-refractivity contribution in [2.45, 2.75) is 0 Å². The van der Waals surface area contributed by atoms with Gasteiger partial charge < -0.3 is 11.1 Å². The molecule has 2 aromatic rings. The molecule has 0 radical (unpaired) electrons. The first-order valence-electron chi connectivity index (χ1n) is 4.79. The minimum Gasteiger partial charge on any atom is -0.398 e. The summed E-state index contributed by atoms with van der Waals surface area (Å²) in [5, 5.41) is 3.04. The van der Waals surface area contributed by atoms with Gasteiger partial charge >= 0.3 is 0 Å². The van der Waals surface area contributed by atoms with E-state index in [1.165, 1.54) is 12.4 Å². The molecule has 1 heterocycles. The Morgan fingerprint density at radius 3 is 2.82 bits per heavy atom. The summed E-state index contributed by atoms with van der Waals surface area (Å²) in [7, 11) is 0. The summed E-state index contributed by atoms with van der Waals surface area (Å²) < 4.78 is 0. The van der Waals surface area contributed by atoms with Crippen molar-refractivity contribution in [3.05, 3.63) is 47.4 Å². The quantitative estimate of drug-likeness (QED) is 0.796. The molecule has 0 aliphatic carbocycles. The molecule has 3 N–H and O–H groups in total. The van der Waals surface area contributed by atoms with Crippen molar-refractivity contribution in [3.8, 4) is 0 Å². The molecule has 1 amide bonds. The SMILES string of the molecule is Nc1cc(C(=O)Nc2ccncn2)ccc1Cl. The lowest BCUT2D eigenvalue weighted by Crippen LogP contribution is -2.13. The first-order valence-corrected chi connectivity index (χ1v) is 5.17. The minimum absolute atomic E-state index is 0.299. The van der Waals surface area contributed by atoms with Crippen LogP contribution < -0.4 is 11.1 Å². The van der Waals surface area contributed by atoms with Crippen LogP contribution in [-0.4, -0.2) is 15.9 Å². The lowest BCUT2D eigenvalue weighted by Gasteiger charge is -2.05. The molecule has 0 atom stereocenters. The highest BCUT2D eigenvalue weighted by molar-refractivity contribution is 6.33. The Morgan fingerprint density at radius 2 is 2.18 bits per heavy atom. The third-order valence-electron chi connectivity index (χ3n) is 2.08.